The Hall–Kier alpha value is -6.85. The van der Waals surface area contributed by atoms with Crippen molar-refractivity contribution in [1.29, 1.82) is 0 Å². The minimum Gasteiger partial charge on any atom is -0.295 e. The van der Waals surface area contributed by atoms with Gasteiger partial charge < -0.3 is 0 Å². The maximum Gasteiger partial charge on any atom is 0.328 e. The molecule has 0 amide bonds. The predicted octanol–water partition coefficient (Wildman–Crippen LogP) is 10.8. The minimum atomic E-state index is -0.0264. The van der Waals surface area contributed by atoms with Gasteiger partial charge in [0.05, 0.1) is 22.4 Å². The van der Waals surface area contributed by atoms with Crippen LogP contribution in [-0.4, -0.2) is 19.1 Å². The summed E-state index contributed by atoms with van der Waals surface area (Å²) in [4.78, 5) is 22.8. The molecule has 0 bridgehead atoms. The molecule has 0 aliphatic rings. The number of benzene rings is 7. The van der Waals surface area contributed by atoms with Gasteiger partial charge in [-0.05, 0) is 50.7 Å². The summed E-state index contributed by atoms with van der Waals surface area (Å²) in [5.41, 5.74) is 13.5. The van der Waals surface area contributed by atoms with Gasteiger partial charge in [-0.15, -0.1) is 0 Å². The fourth-order valence-corrected chi connectivity index (χ4v) is 7.33. The van der Waals surface area contributed by atoms with Gasteiger partial charge in [0.1, 0.15) is 0 Å². The summed E-state index contributed by atoms with van der Waals surface area (Å²) < 4.78 is 3.46. The molecule has 2 aromatic heterocycles. The largest absolute Gasteiger partial charge is 0.328 e. The Morgan fingerprint density at radius 1 is 0.404 bits per heavy atom. The van der Waals surface area contributed by atoms with E-state index >= 15 is 0 Å². The molecular formula is C47H34N4O. The molecule has 5 nitrogen and oxygen atoms in total. The number of aryl methyl sites for hydroxylation is 2. The summed E-state index contributed by atoms with van der Waals surface area (Å²) in [5.74, 6) is 0.708. The Kier molecular flexibility index (Phi) is 7.67. The van der Waals surface area contributed by atoms with Crippen LogP contribution >= 0.6 is 0 Å². The Labute approximate surface area is 301 Å². The van der Waals surface area contributed by atoms with Gasteiger partial charge in [0, 0.05) is 36.3 Å². The Morgan fingerprint density at radius 3 is 1.54 bits per heavy atom. The quantitative estimate of drug-likeness (QED) is 0.177. The normalized spacial score (nSPS) is 11.3. The van der Waals surface area contributed by atoms with E-state index < -0.39 is 0 Å². The van der Waals surface area contributed by atoms with Crippen LogP contribution in [0.25, 0.3) is 89.1 Å². The van der Waals surface area contributed by atoms with Crippen LogP contribution in [0.4, 0.5) is 0 Å². The lowest BCUT2D eigenvalue weighted by Gasteiger charge is -2.14. The van der Waals surface area contributed by atoms with Crippen molar-refractivity contribution in [3.8, 4) is 67.3 Å². The van der Waals surface area contributed by atoms with Crippen LogP contribution in [0, 0.1) is 0 Å². The molecule has 0 unspecified atom stereocenters. The second-order valence-corrected chi connectivity index (χ2v) is 13.1. The van der Waals surface area contributed by atoms with Crippen LogP contribution in [0.1, 0.15) is 0 Å². The minimum absolute atomic E-state index is 0.0264. The molecule has 52 heavy (non-hydrogen) atoms. The van der Waals surface area contributed by atoms with Gasteiger partial charge in [-0.1, -0.05) is 158 Å². The van der Waals surface area contributed by atoms with Gasteiger partial charge in [-0.2, -0.15) is 0 Å². The molecule has 248 valence electrons. The number of aromatic nitrogens is 4. The van der Waals surface area contributed by atoms with Crippen LogP contribution < -0.4 is 5.69 Å². The van der Waals surface area contributed by atoms with E-state index in [1.807, 2.05) is 74.8 Å². The Morgan fingerprint density at radius 2 is 0.904 bits per heavy atom. The Bertz CT molecular complexity index is 2740. The highest BCUT2D eigenvalue weighted by Crippen LogP contribution is 2.39. The average molecular weight is 671 g/mol. The van der Waals surface area contributed by atoms with Crippen molar-refractivity contribution < 1.29 is 0 Å². The van der Waals surface area contributed by atoms with Crippen LogP contribution in [0.3, 0.4) is 0 Å². The first-order valence-corrected chi connectivity index (χ1v) is 17.4. The zero-order chi connectivity index (χ0) is 35.2. The van der Waals surface area contributed by atoms with Crippen molar-refractivity contribution in [3.63, 3.8) is 0 Å². The van der Waals surface area contributed by atoms with Crippen molar-refractivity contribution in [3.05, 3.63) is 180 Å². The van der Waals surface area contributed by atoms with Crippen LogP contribution in [-0.2, 0) is 14.1 Å². The van der Waals surface area contributed by atoms with Crippen molar-refractivity contribution >= 4 is 21.8 Å². The lowest BCUT2D eigenvalue weighted by atomic mass is 9.91. The highest BCUT2D eigenvalue weighted by Gasteiger charge is 2.17. The molecule has 0 saturated carbocycles. The lowest BCUT2D eigenvalue weighted by Crippen LogP contribution is -2.19. The summed E-state index contributed by atoms with van der Waals surface area (Å²) >= 11 is 0. The van der Waals surface area contributed by atoms with Crippen molar-refractivity contribution in [2.24, 2.45) is 14.1 Å². The second kappa shape index (κ2) is 12.8. The van der Waals surface area contributed by atoms with E-state index in [2.05, 4.69) is 109 Å². The molecule has 0 fully saturated rings. The molecule has 2 heterocycles. The third-order valence-electron chi connectivity index (χ3n) is 10.0. The Balaban J connectivity index is 1.05. The SMILES string of the molecule is Cn1c(=O)n(C)c2c(-c3ccc(-c4ccc(-c5ccc(-c6cc(-c7ccccc7)nc(-c7ccccc7)n6)cc5)cc4)c4ccccc34)cccc21. The highest BCUT2D eigenvalue weighted by atomic mass is 16.1. The van der Waals surface area contributed by atoms with Gasteiger partial charge in [-0.3, -0.25) is 9.13 Å². The van der Waals surface area contributed by atoms with E-state index in [-0.39, 0.29) is 5.69 Å². The van der Waals surface area contributed by atoms with Crippen LogP contribution in [0.15, 0.2) is 175 Å². The maximum atomic E-state index is 12.8. The predicted molar refractivity (Wildman–Crippen MR) is 214 cm³/mol. The molecule has 0 radical (unpaired) electrons. The molecule has 0 spiro atoms. The summed E-state index contributed by atoms with van der Waals surface area (Å²) in [6.07, 6.45) is 0. The van der Waals surface area contributed by atoms with E-state index in [1.54, 1.807) is 9.13 Å². The number of imidazole rings is 1. The van der Waals surface area contributed by atoms with Crippen molar-refractivity contribution in [2.75, 3.05) is 0 Å². The number of rotatable bonds is 6. The number of fused-ring (bicyclic) bond motifs is 2. The van der Waals surface area contributed by atoms with E-state index in [0.717, 1.165) is 72.3 Å². The molecule has 0 atom stereocenters. The first-order chi connectivity index (χ1) is 25.5. The molecule has 0 aliphatic heterocycles. The average Bonchev–Trinajstić information content (AvgIpc) is 3.44. The molecule has 9 aromatic rings. The summed E-state index contributed by atoms with van der Waals surface area (Å²) in [7, 11) is 3.68. The van der Waals surface area contributed by atoms with Crippen LogP contribution in [0.2, 0.25) is 0 Å². The third kappa shape index (κ3) is 5.40. The van der Waals surface area contributed by atoms with Gasteiger partial charge in [0.15, 0.2) is 5.82 Å². The van der Waals surface area contributed by atoms with Gasteiger partial charge in [0.2, 0.25) is 0 Å². The highest BCUT2D eigenvalue weighted by molar-refractivity contribution is 6.08. The summed E-state index contributed by atoms with van der Waals surface area (Å²) in [6, 6.07) is 59.0. The number of hydrogen-bond acceptors (Lipinski definition) is 3. The molecule has 0 saturated heterocycles. The molecule has 7 aromatic carbocycles. The van der Waals surface area contributed by atoms with Gasteiger partial charge in [0.25, 0.3) is 0 Å². The topological polar surface area (TPSA) is 52.7 Å². The molecule has 0 aliphatic carbocycles. The maximum absolute atomic E-state index is 12.8. The first kappa shape index (κ1) is 31.2. The van der Waals surface area contributed by atoms with E-state index in [0.29, 0.717) is 5.82 Å². The van der Waals surface area contributed by atoms with Crippen LogP contribution in [0.5, 0.6) is 0 Å². The molecule has 9 rings (SSSR count). The van der Waals surface area contributed by atoms with E-state index in [9.17, 15) is 4.79 Å². The summed E-state index contributed by atoms with van der Waals surface area (Å²) in [5, 5.41) is 2.32. The number of hydrogen-bond donors (Lipinski definition) is 0. The van der Waals surface area contributed by atoms with Gasteiger partial charge in [-0.25, -0.2) is 14.8 Å². The van der Waals surface area contributed by atoms with Crippen molar-refractivity contribution in [2.45, 2.75) is 0 Å². The lowest BCUT2D eigenvalue weighted by molar-refractivity contribution is 0.795. The smallest absolute Gasteiger partial charge is 0.295 e. The second-order valence-electron chi connectivity index (χ2n) is 13.1. The summed E-state index contributed by atoms with van der Waals surface area (Å²) in [6.45, 7) is 0. The van der Waals surface area contributed by atoms with Crippen molar-refractivity contribution in [1.82, 2.24) is 19.1 Å². The van der Waals surface area contributed by atoms with Gasteiger partial charge >= 0.3 is 5.69 Å². The fourth-order valence-electron chi connectivity index (χ4n) is 7.33. The molecule has 5 heteroatoms. The molecular weight excluding hydrogens is 637 g/mol. The standard InChI is InChI=1S/C47H34N4O/c1-50-44-19-11-18-41(45(44)51(2)47(50)52)40-29-28-37(38-16-9-10-17-39(38)40)33-24-20-31(21-25-33)32-22-26-35(27-23-32)43-30-42(34-12-5-3-6-13-34)48-46(49-43)36-14-7-4-8-15-36/h3-30H,1-2H3. The van der Waals surface area contributed by atoms with E-state index in [4.69, 9.17) is 9.97 Å². The first-order valence-electron chi connectivity index (χ1n) is 17.4. The van der Waals surface area contributed by atoms with E-state index in [1.165, 1.54) is 10.9 Å². The number of para-hydroxylation sites is 1. The zero-order valence-electron chi connectivity index (χ0n) is 28.9. The fraction of sp³-hybridized carbons (Fsp3) is 0.0426. The third-order valence-corrected chi connectivity index (χ3v) is 10.0. The zero-order valence-corrected chi connectivity index (χ0v) is 28.9. The molecule has 0 N–H and O–H groups in total. The monoisotopic (exact) mass is 670 g/mol. The number of nitrogens with zero attached hydrogens (tertiary/aromatic N) is 4.